The van der Waals surface area contributed by atoms with E-state index in [-0.39, 0.29) is 5.69 Å². The SMILES string of the molecule is O=C(Nc1ccc(OC(F)(F)F)c(F)c1)c1cccc(I)c1. The van der Waals surface area contributed by atoms with Gasteiger partial charge in [-0.1, -0.05) is 6.07 Å². The number of carbonyl (C=O) groups is 1. The maximum atomic E-state index is 13.5. The van der Waals surface area contributed by atoms with Crippen molar-refractivity contribution in [2.75, 3.05) is 5.32 Å². The van der Waals surface area contributed by atoms with E-state index >= 15 is 0 Å². The molecule has 2 rings (SSSR count). The maximum absolute atomic E-state index is 13.5. The molecule has 0 aliphatic rings. The summed E-state index contributed by atoms with van der Waals surface area (Å²) < 4.78 is 54.0. The van der Waals surface area contributed by atoms with Crippen LogP contribution in [-0.2, 0) is 0 Å². The molecule has 0 radical (unpaired) electrons. The Bertz CT molecular complexity index is 703. The van der Waals surface area contributed by atoms with Crippen LogP contribution in [0.1, 0.15) is 10.4 Å². The van der Waals surface area contributed by atoms with Crippen LogP contribution >= 0.6 is 22.6 Å². The topological polar surface area (TPSA) is 38.3 Å². The van der Waals surface area contributed by atoms with Gasteiger partial charge in [-0.2, -0.15) is 0 Å². The average Bonchev–Trinajstić information content (AvgIpc) is 2.40. The summed E-state index contributed by atoms with van der Waals surface area (Å²) in [7, 11) is 0. The van der Waals surface area contributed by atoms with Crippen LogP contribution in [0.2, 0.25) is 0 Å². The number of ether oxygens (including phenoxy) is 1. The molecule has 0 aliphatic heterocycles. The highest BCUT2D eigenvalue weighted by Gasteiger charge is 2.32. The lowest BCUT2D eigenvalue weighted by molar-refractivity contribution is -0.275. The van der Waals surface area contributed by atoms with Crippen LogP contribution in [0.3, 0.4) is 0 Å². The smallest absolute Gasteiger partial charge is 0.403 e. The van der Waals surface area contributed by atoms with Crippen LogP contribution in [0.25, 0.3) is 0 Å². The average molecular weight is 425 g/mol. The molecule has 0 atom stereocenters. The number of benzene rings is 2. The standard InChI is InChI=1S/C14H8F4INO2/c15-11-7-10(4-5-12(11)22-14(16,17)18)20-13(21)8-2-1-3-9(19)6-8/h1-7H,(H,20,21). The first-order valence-electron chi connectivity index (χ1n) is 5.87. The van der Waals surface area contributed by atoms with Crippen molar-refractivity contribution >= 4 is 34.2 Å². The molecule has 0 bridgehead atoms. The zero-order valence-electron chi connectivity index (χ0n) is 10.7. The normalized spacial score (nSPS) is 11.1. The molecule has 0 fully saturated rings. The lowest BCUT2D eigenvalue weighted by Gasteiger charge is -2.11. The van der Waals surface area contributed by atoms with Crippen molar-refractivity contribution in [2.45, 2.75) is 6.36 Å². The van der Waals surface area contributed by atoms with E-state index in [0.717, 1.165) is 21.8 Å². The van der Waals surface area contributed by atoms with Crippen molar-refractivity contribution in [3.63, 3.8) is 0 Å². The largest absolute Gasteiger partial charge is 0.573 e. The van der Waals surface area contributed by atoms with E-state index in [2.05, 4.69) is 10.1 Å². The van der Waals surface area contributed by atoms with Crippen molar-refractivity contribution in [3.05, 3.63) is 57.4 Å². The van der Waals surface area contributed by atoms with E-state index in [4.69, 9.17) is 0 Å². The predicted octanol–water partition coefficient (Wildman–Crippen LogP) is 4.58. The summed E-state index contributed by atoms with van der Waals surface area (Å²) in [6.45, 7) is 0. The molecule has 0 saturated carbocycles. The molecule has 8 heteroatoms. The fourth-order valence-corrected chi connectivity index (χ4v) is 2.16. The van der Waals surface area contributed by atoms with Crippen molar-refractivity contribution in [1.29, 1.82) is 0 Å². The lowest BCUT2D eigenvalue weighted by Crippen LogP contribution is -2.18. The molecule has 0 aliphatic carbocycles. The van der Waals surface area contributed by atoms with Gasteiger partial charge in [-0.25, -0.2) is 4.39 Å². The summed E-state index contributed by atoms with van der Waals surface area (Å²) in [6, 6.07) is 9.33. The number of anilines is 1. The van der Waals surface area contributed by atoms with Gasteiger partial charge in [0.1, 0.15) is 0 Å². The summed E-state index contributed by atoms with van der Waals surface area (Å²) in [6.07, 6.45) is -4.98. The Kier molecular flexibility index (Phi) is 4.89. The molecule has 0 unspecified atom stereocenters. The fraction of sp³-hybridized carbons (Fsp3) is 0.0714. The van der Waals surface area contributed by atoms with Crippen LogP contribution in [-0.4, -0.2) is 12.3 Å². The van der Waals surface area contributed by atoms with Gasteiger partial charge in [-0.15, -0.1) is 13.2 Å². The first-order valence-corrected chi connectivity index (χ1v) is 6.95. The molecule has 0 saturated heterocycles. The van der Waals surface area contributed by atoms with E-state index in [9.17, 15) is 22.4 Å². The van der Waals surface area contributed by atoms with Gasteiger partial charge < -0.3 is 10.1 Å². The van der Waals surface area contributed by atoms with Crippen molar-refractivity contribution in [1.82, 2.24) is 0 Å². The predicted molar refractivity (Wildman–Crippen MR) is 80.2 cm³/mol. The Morgan fingerprint density at radius 2 is 1.86 bits per heavy atom. The Labute approximate surface area is 136 Å². The van der Waals surface area contributed by atoms with Gasteiger partial charge in [0.15, 0.2) is 11.6 Å². The molecular weight excluding hydrogens is 417 g/mol. The first kappa shape index (κ1) is 16.5. The third-order valence-electron chi connectivity index (χ3n) is 2.50. The third kappa shape index (κ3) is 4.58. The van der Waals surface area contributed by atoms with E-state index in [1.54, 1.807) is 24.3 Å². The Morgan fingerprint density at radius 3 is 2.45 bits per heavy atom. The molecule has 1 N–H and O–H groups in total. The summed E-state index contributed by atoms with van der Waals surface area (Å²) in [5, 5.41) is 2.40. The zero-order valence-corrected chi connectivity index (χ0v) is 12.9. The van der Waals surface area contributed by atoms with E-state index in [0.29, 0.717) is 5.56 Å². The minimum absolute atomic E-state index is 0.0240. The molecule has 0 spiro atoms. The summed E-state index contributed by atoms with van der Waals surface area (Å²) in [5.41, 5.74) is 0.374. The molecule has 1 amide bonds. The molecular formula is C14H8F4INO2. The molecule has 22 heavy (non-hydrogen) atoms. The second kappa shape index (κ2) is 6.51. The number of hydrogen-bond donors (Lipinski definition) is 1. The number of amides is 1. The highest BCUT2D eigenvalue weighted by Crippen LogP contribution is 2.27. The summed E-state index contributed by atoms with van der Waals surface area (Å²) in [5.74, 6) is -2.68. The fourth-order valence-electron chi connectivity index (χ4n) is 1.62. The Hall–Kier alpha value is -1.84. The molecule has 0 aromatic heterocycles. The van der Waals surface area contributed by atoms with Gasteiger partial charge in [0.05, 0.1) is 0 Å². The summed E-state index contributed by atoms with van der Waals surface area (Å²) >= 11 is 2.03. The number of alkyl halides is 3. The quantitative estimate of drug-likeness (QED) is 0.578. The van der Waals surface area contributed by atoms with Crippen molar-refractivity contribution in [3.8, 4) is 5.75 Å². The van der Waals surface area contributed by atoms with Crippen molar-refractivity contribution < 1.29 is 27.1 Å². The molecule has 3 nitrogen and oxygen atoms in total. The number of nitrogens with one attached hydrogen (secondary N) is 1. The highest BCUT2D eigenvalue weighted by molar-refractivity contribution is 14.1. The van der Waals surface area contributed by atoms with Gasteiger partial charge in [0.25, 0.3) is 5.91 Å². The Morgan fingerprint density at radius 1 is 1.14 bits per heavy atom. The van der Waals surface area contributed by atoms with Crippen LogP contribution in [0, 0.1) is 9.39 Å². The van der Waals surface area contributed by atoms with Gasteiger partial charge in [-0.3, -0.25) is 4.79 Å². The van der Waals surface area contributed by atoms with Crippen molar-refractivity contribution in [2.24, 2.45) is 0 Å². The van der Waals surface area contributed by atoms with E-state index < -0.39 is 23.8 Å². The molecule has 0 heterocycles. The highest BCUT2D eigenvalue weighted by atomic mass is 127. The van der Waals surface area contributed by atoms with Gasteiger partial charge >= 0.3 is 6.36 Å². The third-order valence-corrected chi connectivity index (χ3v) is 3.17. The molecule has 2 aromatic rings. The van der Waals surface area contributed by atoms with Crippen LogP contribution in [0.15, 0.2) is 42.5 Å². The van der Waals surface area contributed by atoms with E-state index in [1.165, 1.54) is 0 Å². The number of rotatable bonds is 3. The summed E-state index contributed by atoms with van der Waals surface area (Å²) in [4.78, 5) is 11.9. The second-order valence-electron chi connectivity index (χ2n) is 4.16. The number of hydrogen-bond acceptors (Lipinski definition) is 2. The van der Waals surface area contributed by atoms with Crippen LogP contribution in [0.5, 0.6) is 5.75 Å². The lowest BCUT2D eigenvalue weighted by atomic mass is 10.2. The maximum Gasteiger partial charge on any atom is 0.573 e. The van der Waals surface area contributed by atoms with Gasteiger partial charge in [0, 0.05) is 20.9 Å². The van der Waals surface area contributed by atoms with Crippen LogP contribution in [0.4, 0.5) is 23.2 Å². The zero-order chi connectivity index (χ0) is 16.3. The number of carbonyl (C=O) groups excluding carboxylic acids is 1. The first-order chi connectivity index (χ1) is 10.2. The number of halogens is 5. The molecule has 2 aromatic carbocycles. The second-order valence-corrected chi connectivity index (χ2v) is 5.40. The Balaban J connectivity index is 2.14. The minimum Gasteiger partial charge on any atom is -0.403 e. The van der Waals surface area contributed by atoms with Gasteiger partial charge in [0.2, 0.25) is 0 Å². The van der Waals surface area contributed by atoms with E-state index in [1.807, 2.05) is 22.6 Å². The van der Waals surface area contributed by atoms with Crippen LogP contribution < -0.4 is 10.1 Å². The molecule has 116 valence electrons. The monoisotopic (exact) mass is 425 g/mol. The van der Waals surface area contributed by atoms with Gasteiger partial charge in [-0.05, 0) is 52.9 Å². The minimum atomic E-state index is -4.98.